The Kier molecular flexibility index (Phi) is 5.25. The first-order chi connectivity index (χ1) is 17.7. The van der Waals surface area contributed by atoms with Crippen LogP contribution in [0.5, 0.6) is 17.2 Å². The number of alkyl halides is 4. The van der Waals surface area contributed by atoms with Crippen molar-refractivity contribution < 1.29 is 36.6 Å². The number of ether oxygens (including phenoxy) is 3. The molecule has 1 N–H and O–H groups in total. The zero-order valence-corrected chi connectivity index (χ0v) is 19.1. The minimum Gasteiger partial charge on any atom is -0.486 e. The van der Waals surface area contributed by atoms with E-state index >= 15 is 0 Å². The summed E-state index contributed by atoms with van der Waals surface area (Å²) in [6.45, 7) is 1.03. The highest BCUT2D eigenvalue weighted by molar-refractivity contribution is 6.08. The number of urea groups is 1. The summed E-state index contributed by atoms with van der Waals surface area (Å²) in [7, 11) is 0. The molecular formula is C26H19F4N3O4. The Morgan fingerprint density at radius 2 is 1.65 bits per heavy atom. The molecule has 3 aromatic rings. The summed E-state index contributed by atoms with van der Waals surface area (Å²) in [6, 6.07) is 17.1. The number of anilines is 1. The number of halogens is 4. The molecule has 1 unspecified atom stereocenters. The monoisotopic (exact) mass is 513 g/mol. The summed E-state index contributed by atoms with van der Waals surface area (Å²) in [5.41, 5.74) is 1.16. The lowest BCUT2D eigenvalue weighted by molar-refractivity contribution is -0.296. The van der Waals surface area contributed by atoms with E-state index in [2.05, 4.69) is 15.2 Å². The van der Waals surface area contributed by atoms with Crippen LogP contribution in [0.3, 0.4) is 0 Å². The van der Waals surface area contributed by atoms with Crippen molar-refractivity contribution in [3.63, 3.8) is 0 Å². The molecule has 0 aromatic heterocycles. The van der Waals surface area contributed by atoms with Gasteiger partial charge in [-0.25, -0.2) is 9.80 Å². The number of nitrogens with one attached hydrogen (secondary N) is 1. The molecule has 0 spiro atoms. The average Bonchev–Trinajstić information content (AvgIpc) is 3.42. The van der Waals surface area contributed by atoms with Crippen LogP contribution in [0.25, 0.3) is 0 Å². The second-order valence-corrected chi connectivity index (χ2v) is 8.72. The fourth-order valence-corrected chi connectivity index (χ4v) is 4.53. The SMILES string of the molecule is O=C(Nc1ccc2c(c1)C(F)(F)C(F)(F)O2)N1CC(c2ccccc2)C(c2ccc3c(c2)OCCO3)=N1. The highest BCUT2D eigenvalue weighted by Gasteiger charge is 2.66. The molecule has 0 saturated carbocycles. The van der Waals surface area contributed by atoms with Gasteiger partial charge in [0.25, 0.3) is 0 Å². The minimum absolute atomic E-state index is 0.0936. The second kappa shape index (κ2) is 8.39. The van der Waals surface area contributed by atoms with Crippen molar-refractivity contribution in [2.24, 2.45) is 5.10 Å². The van der Waals surface area contributed by atoms with Gasteiger partial charge in [0.1, 0.15) is 19.0 Å². The van der Waals surface area contributed by atoms with Crippen LogP contribution in [0.15, 0.2) is 71.8 Å². The first kappa shape index (κ1) is 23.1. The third-order valence-corrected chi connectivity index (χ3v) is 6.36. The second-order valence-electron chi connectivity index (χ2n) is 8.72. The molecule has 6 rings (SSSR count). The molecule has 7 nitrogen and oxygen atoms in total. The molecule has 0 fully saturated rings. The Labute approximate surface area is 208 Å². The third-order valence-electron chi connectivity index (χ3n) is 6.36. The summed E-state index contributed by atoms with van der Waals surface area (Å²) in [5.74, 6) is -4.27. The van der Waals surface area contributed by atoms with Gasteiger partial charge in [0.2, 0.25) is 0 Å². The molecule has 3 heterocycles. The van der Waals surface area contributed by atoms with Gasteiger partial charge in [-0.15, -0.1) is 0 Å². The molecule has 0 saturated heterocycles. The van der Waals surface area contributed by atoms with Crippen LogP contribution in [-0.4, -0.2) is 42.6 Å². The number of hydrogen-bond donors (Lipinski definition) is 1. The number of hydrogen-bond acceptors (Lipinski definition) is 5. The smallest absolute Gasteiger partial charge is 0.469 e. The molecule has 37 heavy (non-hydrogen) atoms. The van der Waals surface area contributed by atoms with E-state index in [1.54, 1.807) is 12.1 Å². The number of nitrogens with zero attached hydrogens (tertiary/aromatic N) is 2. The Balaban J connectivity index is 1.29. The van der Waals surface area contributed by atoms with Crippen LogP contribution in [0.1, 0.15) is 22.6 Å². The quantitative estimate of drug-likeness (QED) is 0.465. The number of carbonyl (C=O) groups is 1. The number of hydrazone groups is 1. The molecule has 1 atom stereocenters. The Morgan fingerprint density at radius 3 is 2.43 bits per heavy atom. The predicted molar refractivity (Wildman–Crippen MR) is 125 cm³/mol. The van der Waals surface area contributed by atoms with Gasteiger partial charge in [-0.3, -0.25) is 0 Å². The maximum Gasteiger partial charge on any atom is 0.469 e. The largest absolute Gasteiger partial charge is 0.486 e. The first-order valence-electron chi connectivity index (χ1n) is 11.4. The van der Waals surface area contributed by atoms with Gasteiger partial charge in [0, 0.05) is 17.2 Å². The van der Waals surface area contributed by atoms with Crippen molar-refractivity contribution in [3.05, 3.63) is 83.4 Å². The van der Waals surface area contributed by atoms with Gasteiger partial charge in [-0.2, -0.15) is 22.7 Å². The fraction of sp³-hybridized carbons (Fsp3) is 0.231. The number of amides is 2. The van der Waals surface area contributed by atoms with E-state index < -0.39 is 29.4 Å². The van der Waals surface area contributed by atoms with Crippen molar-refractivity contribution >= 4 is 17.4 Å². The van der Waals surface area contributed by atoms with E-state index in [4.69, 9.17) is 9.47 Å². The summed E-state index contributed by atoms with van der Waals surface area (Å²) < 4.78 is 70.7. The van der Waals surface area contributed by atoms with Crippen molar-refractivity contribution in [2.45, 2.75) is 17.9 Å². The van der Waals surface area contributed by atoms with E-state index in [-0.39, 0.29) is 18.2 Å². The van der Waals surface area contributed by atoms with Crippen molar-refractivity contribution in [2.75, 3.05) is 25.1 Å². The zero-order valence-electron chi connectivity index (χ0n) is 19.1. The number of fused-ring (bicyclic) bond motifs is 2. The van der Waals surface area contributed by atoms with Crippen LogP contribution in [0.4, 0.5) is 28.0 Å². The van der Waals surface area contributed by atoms with Crippen LogP contribution in [0.2, 0.25) is 0 Å². The van der Waals surface area contributed by atoms with Crippen LogP contribution >= 0.6 is 0 Å². The van der Waals surface area contributed by atoms with Crippen LogP contribution < -0.4 is 19.5 Å². The van der Waals surface area contributed by atoms with Crippen molar-refractivity contribution in [1.29, 1.82) is 0 Å². The fourth-order valence-electron chi connectivity index (χ4n) is 4.53. The lowest BCUT2D eigenvalue weighted by atomic mass is 9.90. The van der Waals surface area contributed by atoms with Gasteiger partial charge in [-0.1, -0.05) is 30.3 Å². The van der Waals surface area contributed by atoms with E-state index in [1.165, 1.54) is 11.1 Å². The molecule has 0 aliphatic carbocycles. The van der Waals surface area contributed by atoms with Gasteiger partial charge >= 0.3 is 18.1 Å². The summed E-state index contributed by atoms with van der Waals surface area (Å²) in [5, 5.41) is 8.19. The summed E-state index contributed by atoms with van der Waals surface area (Å²) in [6.07, 6.45) is -4.67. The minimum atomic E-state index is -4.67. The maximum absolute atomic E-state index is 14.1. The topological polar surface area (TPSA) is 72.4 Å². The Morgan fingerprint density at radius 1 is 0.919 bits per heavy atom. The lowest BCUT2D eigenvalue weighted by Gasteiger charge is -2.20. The molecule has 0 radical (unpaired) electrons. The molecule has 2 amide bonds. The van der Waals surface area contributed by atoms with E-state index in [0.717, 1.165) is 23.3 Å². The van der Waals surface area contributed by atoms with Crippen molar-refractivity contribution in [1.82, 2.24) is 5.01 Å². The maximum atomic E-state index is 14.1. The van der Waals surface area contributed by atoms with Gasteiger partial charge in [0.05, 0.1) is 17.8 Å². The number of benzene rings is 3. The molecule has 0 bridgehead atoms. The molecule has 3 aliphatic heterocycles. The van der Waals surface area contributed by atoms with Gasteiger partial charge in [-0.05, 0) is 42.0 Å². The molecule has 3 aliphatic rings. The van der Waals surface area contributed by atoms with Crippen molar-refractivity contribution in [3.8, 4) is 17.2 Å². The highest BCUT2D eigenvalue weighted by Crippen LogP contribution is 2.53. The average molecular weight is 513 g/mol. The van der Waals surface area contributed by atoms with Gasteiger partial charge in [0.15, 0.2) is 11.5 Å². The Bertz CT molecular complexity index is 1410. The molecule has 190 valence electrons. The van der Waals surface area contributed by atoms with E-state index in [9.17, 15) is 22.4 Å². The normalized spacial score (nSPS) is 20.6. The number of carbonyl (C=O) groups excluding carboxylic acids is 1. The summed E-state index contributed by atoms with van der Waals surface area (Å²) in [4.78, 5) is 13.1. The zero-order chi connectivity index (χ0) is 25.8. The van der Waals surface area contributed by atoms with Crippen LogP contribution in [-0.2, 0) is 5.92 Å². The standard InChI is InChI=1S/C26H19F4N3O4/c27-25(28)19-13-17(7-9-20(19)37-26(25,29)30)31-24(34)33-14-18(15-4-2-1-3-5-15)23(32-33)16-6-8-21-22(12-16)36-11-10-35-21/h1-9,12-13,18H,10-11,14H2,(H,31,34). The summed E-state index contributed by atoms with van der Waals surface area (Å²) >= 11 is 0. The number of rotatable bonds is 3. The van der Waals surface area contributed by atoms with Crippen LogP contribution in [0, 0.1) is 0 Å². The van der Waals surface area contributed by atoms with E-state index in [0.29, 0.717) is 30.4 Å². The Hall–Kier alpha value is -4.28. The first-order valence-corrected chi connectivity index (χ1v) is 11.4. The molecular weight excluding hydrogens is 494 g/mol. The van der Waals surface area contributed by atoms with Gasteiger partial charge < -0.3 is 19.5 Å². The highest BCUT2D eigenvalue weighted by atomic mass is 19.3. The molecule has 3 aromatic carbocycles. The molecule has 11 heteroatoms. The lowest BCUT2D eigenvalue weighted by Crippen LogP contribution is -2.37. The predicted octanol–water partition coefficient (Wildman–Crippen LogP) is 5.57. The third kappa shape index (κ3) is 3.90. The van der Waals surface area contributed by atoms with E-state index in [1.807, 2.05) is 36.4 Å².